The second kappa shape index (κ2) is 11.1. The van der Waals surface area contributed by atoms with Crippen LogP contribution in [0.25, 0.3) is 0 Å². The van der Waals surface area contributed by atoms with Gasteiger partial charge in [0.15, 0.2) is 0 Å². The van der Waals surface area contributed by atoms with Crippen molar-refractivity contribution in [2.24, 2.45) is 17.3 Å². The first-order chi connectivity index (χ1) is 17.7. The van der Waals surface area contributed by atoms with E-state index in [4.69, 9.17) is 9.47 Å². The largest absolute Gasteiger partial charge is 0.461 e. The standard InChI is InChI=1S/C30H48N2O6/c1-9-16-32(28(7,8)20-27(4,5)6)25(35)23-30-15-14-29(11-3,38-30)22(26(36)37-19-10-2)21(30)24(34)31(23)17-12-13-18-33/h9-10,21-23,33H,1-2,11-20H2,3-8H3/t21-,22+,23?,29-,30?/m0/s1. The number of likely N-dealkylation sites (tertiary alicyclic amines) is 1. The molecule has 3 rings (SSSR count). The van der Waals surface area contributed by atoms with Crippen LogP contribution in [0.2, 0.25) is 0 Å². The molecule has 2 unspecified atom stereocenters. The lowest BCUT2D eigenvalue weighted by molar-refractivity contribution is -0.162. The van der Waals surface area contributed by atoms with Crippen LogP contribution < -0.4 is 0 Å². The molecule has 1 N–H and O–H groups in total. The van der Waals surface area contributed by atoms with Crippen molar-refractivity contribution in [1.29, 1.82) is 0 Å². The highest BCUT2D eigenvalue weighted by Crippen LogP contribution is 2.64. The Morgan fingerprint density at radius 1 is 1.18 bits per heavy atom. The molecule has 8 nitrogen and oxygen atoms in total. The molecule has 1 spiro atoms. The lowest BCUT2D eigenvalue weighted by Gasteiger charge is -2.45. The van der Waals surface area contributed by atoms with E-state index in [1.54, 1.807) is 11.0 Å². The Balaban J connectivity index is 2.11. The minimum atomic E-state index is -1.10. The average molecular weight is 533 g/mol. The van der Waals surface area contributed by atoms with Crippen LogP contribution in [0.1, 0.15) is 80.1 Å². The molecule has 3 aliphatic heterocycles. The SMILES string of the molecule is C=CCOC(=O)[C@H]1[C@H]2C(=O)N(CCCCO)C(C(=O)N(CC=C)C(C)(C)CC(C)(C)C)C23CC[C@]1(CC)O3. The van der Waals surface area contributed by atoms with Gasteiger partial charge in [0.05, 0.1) is 11.5 Å². The van der Waals surface area contributed by atoms with E-state index in [1.165, 1.54) is 6.08 Å². The van der Waals surface area contributed by atoms with Gasteiger partial charge in [-0.1, -0.05) is 46.4 Å². The number of rotatable bonds is 13. The number of ether oxygens (including phenoxy) is 2. The van der Waals surface area contributed by atoms with Gasteiger partial charge in [0.25, 0.3) is 0 Å². The van der Waals surface area contributed by atoms with E-state index < -0.39 is 40.6 Å². The quantitative estimate of drug-likeness (QED) is 0.220. The zero-order valence-electron chi connectivity index (χ0n) is 24.3. The molecule has 3 fully saturated rings. The summed E-state index contributed by atoms with van der Waals surface area (Å²) in [5.41, 5.74) is -2.48. The summed E-state index contributed by atoms with van der Waals surface area (Å²) in [6.45, 7) is 20.8. The van der Waals surface area contributed by atoms with Gasteiger partial charge < -0.3 is 24.4 Å². The van der Waals surface area contributed by atoms with Crippen LogP contribution in [-0.2, 0) is 23.9 Å². The van der Waals surface area contributed by atoms with Gasteiger partial charge in [-0.2, -0.15) is 0 Å². The molecule has 3 aliphatic rings. The molecule has 5 atom stereocenters. The van der Waals surface area contributed by atoms with Gasteiger partial charge in [-0.25, -0.2) is 0 Å². The van der Waals surface area contributed by atoms with Crippen molar-refractivity contribution in [1.82, 2.24) is 9.80 Å². The molecule has 0 aliphatic carbocycles. The van der Waals surface area contributed by atoms with E-state index >= 15 is 0 Å². The summed E-state index contributed by atoms with van der Waals surface area (Å²) in [6.07, 6.45) is 6.69. The normalized spacial score (nSPS) is 30.3. The molecule has 214 valence electrons. The van der Waals surface area contributed by atoms with Gasteiger partial charge in [-0.15, -0.1) is 6.58 Å². The first-order valence-electron chi connectivity index (χ1n) is 14.1. The lowest BCUT2D eigenvalue weighted by Crippen LogP contribution is -2.61. The maximum Gasteiger partial charge on any atom is 0.313 e. The Morgan fingerprint density at radius 3 is 2.42 bits per heavy atom. The van der Waals surface area contributed by atoms with E-state index in [1.807, 2.05) is 11.8 Å². The molecule has 38 heavy (non-hydrogen) atoms. The van der Waals surface area contributed by atoms with Crippen LogP contribution in [0.5, 0.6) is 0 Å². The smallest absolute Gasteiger partial charge is 0.313 e. The van der Waals surface area contributed by atoms with E-state index in [2.05, 4.69) is 47.8 Å². The third-order valence-corrected chi connectivity index (χ3v) is 8.59. The van der Waals surface area contributed by atoms with Gasteiger partial charge >= 0.3 is 5.97 Å². The highest BCUT2D eigenvalue weighted by Gasteiger charge is 2.79. The van der Waals surface area contributed by atoms with Gasteiger partial charge in [0, 0.05) is 25.2 Å². The van der Waals surface area contributed by atoms with Crippen LogP contribution in [0.3, 0.4) is 0 Å². The Morgan fingerprint density at radius 2 is 1.87 bits per heavy atom. The second-order valence-electron chi connectivity index (χ2n) is 13.0. The van der Waals surface area contributed by atoms with E-state index in [-0.39, 0.29) is 30.4 Å². The average Bonchev–Trinajstić information content (AvgIpc) is 3.43. The number of amides is 2. The number of fused-ring (bicyclic) bond motifs is 1. The monoisotopic (exact) mass is 532 g/mol. The summed E-state index contributed by atoms with van der Waals surface area (Å²) in [5.74, 6) is -2.43. The molecule has 8 heteroatoms. The van der Waals surface area contributed by atoms with Crippen LogP contribution in [0.4, 0.5) is 0 Å². The predicted molar refractivity (Wildman–Crippen MR) is 146 cm³/mol. The van der Waals surface area contributed by atoms with Crippen LogP contribution in [0, 0.1) is 17.3 Å². The fourth-order valence-electron chi connectivity index (χ4n) is 7.53. The van der Waals surface area contributed by atoms with Crippen molar-refractivity contribution in [3.8, 4) is 0 Å². The maximum absolute atomic E-state index is 14.6. The molecule has 2 bridgehead atoms. The number of carbonyl (C=O) groups is 3. The molecule has 0 aromatic carbocycles. The fourth-order valence-corrected chi connectivity index (χ4v) is 7.53. The third-order valence-electron chi connectivity index (χ3n) is 8.59. The minimum absolute atomic E-state index is 0.00235. The Bertz CT molecular complexity index is 940. The van der Waals surface area contributed by atoms with Crippen molar-refractivity contribution in [3.05, 3.63) is 25.3 Å². The van der Waals surface area contributed by atoms with Crippen molar-refractivity contribution in [2.45, 2.75) is 103 Å². The van der Waals surface area contributed by atoms with Gasteiger partial charge in [0.1, 0.15) is 24.2 Å². The van der Waals surface area contributed by atoms with Crippen molar-refractivity contribution < 1.29 is 29.0 Å². The number of carbonyl (C=O) groups excluding carboxylic acids is 3. The van der Waals surface area contributed by atoms with Crippen molar-refractivity contribution >= 4 is 17.8 Å². The number of esters is 1. The topological polar surface area (TPSA) is 96.4 Å². The maximum atomic E-state index is 14.6. The first kappa shape index (κ1) is 30.4. The molecular weight excluding hydrogens is 484 g/mol. The van der Waals surface area contributed by atoms with Crippen molar-refractivity contribution in [3.63, 3.8) is 0 Å². The zero-order valence-corrected chi connectivity index (χ0v) is 24.3. The number of aliphatic hydroxyl groups excluding tert-OH is 1. The number of hydrogen-bond donors (Lipinski definition) is 1. The highest BCUT2D eigenvalue weighted by molar-refractivity contribution is 5.98. The van der Waals surface area contributed by atoms with Crippen LogP contribution in [0.15, 0.2) is 25.3 Å². The summed E-state index contributed by atoms with van der Waals surface area (Å²) in [5, 5.41) is 9.40. The Labute approximate surface area is 228 Å². The molecule has 0 radical (unpaired) electrons. The molecule has 0 saturated carbocycles. The highest BCUT2D eigenvalue weighted by atomic mass is 16.6. The van der Waals surface area contributed by atoms with Gasteiger partial charge in [-0.05, 0) is 57.8 Å². The summed E-state index contributed by atoms with van der Waals surface area (Å²) >= 11 is 0. The summed E-state index contributed by atoms with van der Waals surface area (Å²) < 4.78 is 12.3. The molecule has 0 aromatic rings. The second-order valence-corrected chi connectivity index (χ2v) is 13.0. The minimum Gasteiger partial charge on any atom is -0.461 e. The lowest BCUT2D eigenvalue weighted by atomic mass is 9.65. The zero-order chi connectivity index (χ0) is 28.5. The Hall–Kier alpha value is -2.19. The summed E-state index contributed by atoms with van der Waals surface area (Å²) in [7, 11) is 0. The van der Waals surface area contributed by atoms with Crippen LogP contribution >= 0.6 is 0 Å². The number of aliphatic hydroxyl groups is 1. The van der Waals surface area contributed by atoms with Crippen molar-refractivity contribution in [2.75, 3.05) is 26.3 Å². The van der Waals surface area contributed by atoms with Gasteiger partial charge in [-0.3, -0.25) is 14.4 Å². The third kappa shape index (κ3) is 5.18. The van der Waals surface area contributed by atoms with Crippen LogP contribution in [-0.4, -0.2) is 81.8 Å². The Kier molecular flexibility index (Phi) is 8.89. The van der Waals surface area contributed by atoms with E-state index in [0.717, 1.165) is 6.42 Å². The fraction of sp³-hybridized carbons (Fsp3) is 0.767. The molecule has 3 saturated heterocycles. The van der Waals surface area contributed by atoms with Gasteiger partial charge in [0.2, 0.25) is 11.8 Å². The summed E-state index contributed by atoms with van der Waals surface area (Å²) in [6, 6.07) is -0.858. The molecule has 0 aromatic heterocycles. The van der Waals surface area contributed by atoms with E-state index in [0.29, 0.717) is 45.2 Å². The molecule has 3 heterocycles. The first-order valence-corrected chi connectivity index (χ1v) is 14.1. The molecule has 2 amide bonds. The number of unbranched alkanes of at least 4 members (excludes halogenated alkanes) is 1. The predicted octanol–water partition coefficient (Wildman–Crippen LogP) is 3.87. The van der Waals surface area contributed by atoms with E-state index in [9.17, 15) is 19.5 Å². The molecular formula is C30H48N2O6. The number of nitrogens with zero attached hydrogens (tertiary/aromatic N) is 2. The number of hydrogen-bond acceptors (Lipinski definition) is 6. The summed E-state index contributed by atoms with van der Waals surface area (Å²) in [4.78, 5) is 45.6.